The van der Waals surface area contributed by atoms with Crippen molar-refractivity contribution in [2.45, 2.75) is 13.8 Å². The second kappa shape index (κ2) is 8.90. The van der Waals surface area contributed by atoms with Crippen molar-refractivity contribution in [3.8, 4) is 11.5 Å². The maximum absolute atomic E-state index is 12.7. The number of carbonyl (C=O) groups excluding carboxylic acids is 1. The summed E-state index contributed by atoms with van der Waals surface area (Å²) in [6.45, 7) is 4.75. The lowest BCUT2D eigenvalue weighted by atomic mass is 10.1. The minimum atomic E-state index is -0.193. The van der Waals surface area contributed by atoms with Crippen LogP contribution in [-0.2, 0) is 0 Å². The summed E-state index contributed by atoms with van der Waals surface area (Å²) >= 11 is 0. The number of para-hydroxylation sites is 2. The molecule has 0 unspecified atom stereocenters. The van der Waals surface area contributed by atoms with Crippen LogP contribution in [0.5, 0.6) is 11.5 Å². The van der Waals surface area contributed by atoms with Crippen molar-refractivity contribution in [3.63, 3.8) is 0 Å². The van der Waals surface area contributed by atoms with Crippen LogP contribution in [0.1, 0.15) is 21.5 Å². The van der Waals surface area contributed by atoms with E-state index in [-0.39, 0.29) is 5.91 Å². The van der Waals surface area contributed by atoms with Gasteiger partial charge in [0.2, 0.25) is 0 Å². The lowest BCUT2D eigenvalue weighted by molar-refractivity contribution is 0.102. The monoisotopic (exact) mass is 361 g/mol. The van der Waals surface area contributed by atoms with Gasteiger partial charge >= 0.3 is 0 Å². The Bertz CT molecular complexity index is 907. The first-order chi connectivity index (χ1) is 13.1. The summed E-state index contributed by atoms with van der Waals surface area (Å²) < 4.78 is 11.4. The normalized spacial score (nSPS) is 10.3. The topological polar surface area (TPSA) is 47.6 Å². The van der Waals surface area contributed by atoms with Gasteiger partial charge in [-0.25, -0.2) is 0 Å². The molecule has 27 heavy (non-hydrogen) atoms. The number of hydrogen-bond acceptors (Lipinski definition) is 3. The van der Waals surface area contributed by atoms with Crippen molar-refractivity contribution in [1.29, 1.82) is 0 Å². The summed E-state index contributed by atoms with van der Waals surface area (Å²) in [5.74, 6) is 1.14. The molecule has 0 aliphatic carbocycles. The van der Waals surface area contributed by atoms with E-state index in [2.05, 4.69) is 5.32 Å². The van der Waals surface area contributed by atoms with E-state index in [9.17, 15) is 4.79 Å². The molecule has 0 spiro atoms. The molecule has 0 atom stereocenters. The van der Waals surface area contributed by atoms with Crippen LogP contribution in [0, 0.1) is 13.8 Å². The van der Waals surface area contributed by atoms with E-state index in [1.165, 1.54) is 0 Å². The molecule has 0 bridgehead atoms. The zero-order valence-electron chi connectivity index (χ0n) is 15.6. The Morgan fingerprint density at radius 1 is 0.852 bits per heavy atom. The minimum absolute atomic E-state index is 0.193. The third kappa shape index (κ3) is 5.11. The lowest BCUT2D eigenvalue weighted by Gasteiger charge is -2.13. The van der Waals surface area contributed by atoms with Crippen molar-refractivity contribution < 1.29 is 14.3 Å². The van der Waals surface area contributed by atoms with Crippen LogP contribution in [0.4, 0.5) is 5.69 Å². The molecule has 0 aliphatic heterocycles. The number of hydrogen-bond donors (Lipinski definition) is 1. The highest BCUT2D eigenvalue weighted by Crippen LogP contribution is 2.22. The number of nitrogens with one attached hydrogen (secondary N) is 1. The molecule has 1 amide bonds. The maximum Gasteiger partial charge on any atom is 0.259 e. The quantitative estimate of drug-likeness (QED) is 0.602. The third-order valence-corrected chi connectivity index (χ3v) is 4.11. The Kier molecular flexibility index (Phi) is 6.10. The molecule has 1 N–H and O–H groups in total. The molecule has 0 aliphatic rings. The second-order valence-electron chi connectivity index (χ2n) is 6.28. The molecule has 0 fully saturated rings. The number of benzene rings is 3. The molecule has 3 aromatic carbocycles. The van der Waals surface area contributed by atoms with Gasteiger partial charge in [-0.3, -0.25) is 4.79 Å². The zero-order valence-corrected chi connectivity index (χ0v) is 15.6. The maximum atomic E-state index is 12.7. The molecule has 3 aromatic rings. The molecule has 0 heterocycles. The fourth-order valence-corrected chi connectivity index (χ4v) is 2.75. The average Bonchev–Trinajstić information content (AvgIpc) is 2.68. The molecular weight excluding hydrogens is 338 g/mol. The van der Waals surface area contributed by atoms with E-state index in [1.807, 2.05) is 74.5 Å². The largest absolute Gasteiger partial charge is 0.490 e. The highest BCUT2D eigenvalue weighted by Gasteiger charge is 2.13. The standard InChI is InChI=1S/C23H23NO3/c1-17-12-13-21(18(2)16-17)24-23(25)20-10-6-7-11-22(20)27-15-14-26-19-8-4-3-5-9-19/h3-13,16H,14-15H2,1-2H3,(H,24,25). The van der Waals surface area contributed by atoms with Gasteiger partial charge in [-0.2, -0.15) is 0 Å². The predicted molar refractivity (Wildman–Crippen MR) is 108 cm³/mol. The van der Waals surface area contributed by atoms with Gasteiger partial charge in [0.1, 0.15) is 24.7 Å². The highest BCUT2D eigenvalue weighted by molar-refractivity contribution is 6.06. The van der Waals surface area contributed by atoms with Crippen molar-refractivity contribution in [2.75, 3.05) is 18.5 Å². The SMILES string of the molecule is Cc1ccc(NC(=O)c2ccccc2OCCOc2ccccc2)c(C)c1. The van der Waals surface area contributed by atoms with Gasteiger partial charge in [-0.1, -0.05) is 48.0 Å². The summed E-state index contributed by atoms with van der Waals surface area (Å²) in [5.41, 5.74) is 3.48. The van der Waals surface area contributed by atoms with E-state index in [1.54, 1.807) is 12.1 Å². The number of aryl methyl sites for hydroxylation is 2. The number of ether oxygens (including phenoxy) is 2. The number of rotatable bonds is 7. The van der Waals surface area contributed by atoms with E-state index < -0.39 is 0 Å². The van der Waals surface area contributed by atoms with Crippen LogP contribution in [0.25, 0.3) is 0 Å². The van der Waals surface area contributed by atoms with Gasteiger partial charge in [-0.05, 0) is 49.7 Å². The van der Waals surface area contributed by atoms with Gasteiger partial charge in [0.25, 0.3) is 5.91 Å². The van der Waals surface area contributed by atoms with E-state index in [4.69, 9.17) is 9.47 Å². The molecule has 0 saturated carbocycles. The van der Waals surface area contributed by atoms with Crippen LogP contribution in [0.15, 0.2) is 72.8 Å². The van der Waals surface area contributed by atoms with Gasteiger partial charge in [0.05, 0.1) is 5.56 Å². The van der Waals surface area contributed by atoms with Crippen LogP contribution in [0.2, 0.25) is 0 Å². The lowest BCUT2D eigenvalue weighted by Crippen LogP contribution is -2.16. The fraction of sp³-hybridized carbons (Fsp3) is 0.174. The summed E-state index contributed by atoms with van der Waals surface area (Å²) in [6, 6.07) is 22.7. The molecule has 0 radical (unpaired) electrons. The van der Waals surface area contributed by atoms with Crippen LogP contribution < -0.4 is 14.8 Å². The van der Waals surface area contributed by atoms with Gasteiger partial charge in [-0.15, -0.1) is 0 Å². The van der Waals surface area contributed by atoms with Gasteiger partial charge < -0.3 is 14.8 Å². The first-order valence-electron chi connectivity index (χ1n) is 8.92. The van der Waals surface area contributed by atoms with Crippen molar-refractivity contribution in [3.05, 3.63) is 89.5 Å². The molecule has 0 saturated heterocycles. The predicted octanol–water partition coefficient (Wildman–Crippen LogP) is 5.01. The van der Waals surface area contributed by atoms with Gasteiger partial charge in [0, 0.05) is 5.69 Å². The first-order valence-corrected chi connectivity index (χ1v) is 8.92. The van der Waals surface area contributed by atoms with E-state index in [0.29, 0.717) is 24.5 Å². The first kappa shape index (κ1) is 18.5. The number of carbonyl (C=O) groups is 1. The molecule has 4 nitrogen and oxygen atoms in total. The van der Waals surface area contributed by atoms with Crippen LogP contribution >= 0.6 is 0 Å². The minimum Gasteiger partial charge on any atom is -0.490 e. The zero-order chi connectivity index (χ0) is 19.1. The fourth-order valence-electron chi connectivity index (χ4n) is 2.75. The van der Waals surface area contributed by atoms with Crippen LogP contribution in [0.3, 0.4) is 0 Å². The summed E-state index contributed by atoms with van der Waals surface area (Å²) in [4.78, 5) is 12.7. The number of amides is 1. The smallest absolute Gasteiger partial charge is 0.259 e. The molecule has 4 heteroatoms. The third-order valence-electron chi connectivity index (χ3n) is 4.11. The van der Waals surface area contributed by atoms with Crippen molar-refractivity contribution >= 4 is 11.6 Å². The van der Waals surface area contributed by atoms with Crippen LogP contribution in [-0.4, -0.2) is 19.1 Å². The Balaban J connectivity index is 1.61. The summed E-state index contributed by atoms with van der Waals surface area (Å²) in [7, 11) is 0. The Morgan fingerprint density at radius 3 is 2.33 bits per heavy atom. The highest BCUT2D eigenvalue weighted by atomic mass is 16.5. The number of anilines is 1. The summed E-state index contributed by atoms with van der Waals surface area (Å²) in [5, 5.41) is 2.96. The Hall–Kier alpha value is -3.27. The molecule has 138 valence electrons. The molecule has 3 rings (SSSR count). The van der Waals surface area contributed by atoms with Crippen molar-refractivity contribution in [2.24, 2.45) is 0 Å². The second-order valence-corrected chi connectivity index (χ2v) is 6.28. The Morgan fingerprint density at radius 2 is 1.56 bits per heavy atom. The summed E-state index contributed by atoms with van der Waals surface area (Å²) in [6.07, 6.45) is 0. The molecule has 0 aromatic heterocycles. The van der Waals surface area contributed by atoms with Gasteiger partial charge in [0.15, 0.2) is 0 Å². The van der Waals surface area contributed by atoms with E-state index >= 15 is 0 Å². The van der Waals surface area contributed by atoms with Crippen molar-refractivity contribution in [1.82, 2.24) is 0 Å². The Labute approximate surface area is 159 Å². The van der Waals surface area contributed by atoms with E-state index in [0.717, 1.165) is 22.6 Å². The average molecular weight is 361 g/mol. The molecular formula is C23H23NO3.